The summed E-state index contributed by atoms with van der Waals surface area (Å²) in [5, 5.41) is 10.8. The predicted molar refractivity (Wildman–Crippen MR) is 197 cm³/mol. The van der Waals surface area contributed by atoms with Crippen LogP contribution in [-0.4, -0.2) is 95.7 Å². The van der Waals surface area contributed by atoms with Gasteiger partial charge >= 0.3 is 5.97 Å². The molecule has 3 fully saturated rings. The van der Waals surface area contributed by atoms with Gasteiger partial charge in [-0.05, 0) is 61.9 Å². The molecule has 3 amide bonds. The highest BCUT2D eigenvalue weighted by Gasteiger charge is 2.76. The van der Waals surface area contributed by atoms with E-state index in [-0.39, 0.29) is 37.3 Å². The Kier molecular flexibility index (Phi) is 12.3. The number of rotatable bonds is 17. The molecule has 0 radical (unpaired) electrons. The summed E-state index contributed by atoms with van der Waals surface area (Å²) in [5.74, 6) is -3.06. The third-order valence-corrected chi connectivity index (χ3v) is 11.4. The van der Waals surface area contributed by atoms with Gasteiger partial charge in [-0.15, -0.1) is 13.2 Å². The lowest BCUT2D eigenvalue weighted by Gasteiger charge is -2.40. The van der Waals surface area contributed by atoms with Crippen LogP contribution in [0.15, 0.2) is 79.9 Å². The zero-order valence-electron chi connectivity index (χ0n) is 31.0. The summed E-state index contributed by atoms with van der Waals surface area (Å²) in [6.45, 7) is 13.1. The molecule has 11 heteroatoms. The molecule has 9 atom stereocenters. The average molecular weight is 716 g/mol. The quantitative estimate of drug-likeness (QED) is 0.177. The number of amides is 3. The van der Waals surface area contributed by atoms with Gasteiger partial charge in [0.1, 0.15) is 23.5 Å². The first-order chi connectivity index (χ1) is 25.0. The Morgan fingerprint density at radius 2 is 1.79 bits per heavy atom. The second-order valence-corrected chi connectivity index (χ2v) is 14.2. The van der Waals surface area contributed by atoms with Crippen LogP contribution in [0.1, 0.15) is 64.5 Å². The second kappa shape index (κ2) is 16.5. The van der Waals surface area contributed by atoms with E-state index in [4.69, 9.17) is 14.2 Å². The van der Waals surface area contributed by atoms with Crippen LogP contribution in [-0.2, 0) is 28.7 Å². The van der Waals surface area contributed by atoms with Gasteiger partial charge in [-0.1, -0.05) is 62.8 Å². The number of ether oxygens (including phenoxy) is 3. The number of hydrogen-bond donors (Lipinski definition) is 1. The molecule has 3 saturated heterocycles. The molecule has 2 aromatic carbocycles. The number of anilines is 1. The van der Waals surface area contributed by atoms with Crippen molar-refractivity contribution in [3.05, 3.63) is 85.5 Å². The Bertz CT molecular complexity index is 1620. The van der Waals surface area contributed by atoms with Gasteiger partial charge in [0.15, 0.2) is 0 Å². The Labute approximate surface area is 307 Å². The van der Waals surface area contributed by atoms with Crippen LogP contribution >= 0.6 is 0 Å². The van der Waals surface area contributed by atoms with E-state index in [1.165, 1.54) is 4.90 Å². The SMILES string of the molecule is C=CCCC(=O)N(C)[C@H](C)[C@H](OC(=O)[C@@H]1[C@H]2C(=O)N([C@@H](CO)[C@@H](C)CC)[C@H](C(=O)N(CC=C)c3ccc(OC)cc3)[C@]23CC[C@H]1O3)c1ccccc1. The number of carbonyl (C=O) groups is 4. The van der Waals surface area contributed by atoms with Gasteiger partial charge in [0.2, 0.25) is 11.8 Å². The van der Waals surface area contributed by atoms with Gasteiger partial charge in [-0.3, -0.25) is 19.2 Å². The highest BCUT2D eigenvalue weighted by atomic mass is 16.6. The van der Waals surface area contributed by atoms with Crippen molar-refractivity contribution in [1.82, 2.24) is 9.80 Å². The molecule has 52 heavy (non-hydrogen) atoms. The molecule has 3 aliphatic heterocycles. The maximum Gasteiger partial charge on any atom is 0.313 e. The number of nitrogens with zero attached hydrogens (tertiary/aromatic N) is 3. The van der Waals surface area contributed by atoms with Gasteiger partial charge in [-0.25, -0.2) is 0 Å². The van der Waals surface area contributed by atoms with E-state index in [9.17, 15) is 24.3 Å². The molecule has 11 nitrogen and oxygen atoms in total. The first kappa shape index (κ1) is 38.7. The first-order valence-corrected chi connectivity index (χ1v) is 18.3. The van der Waals surface area contributed by atoms with Gasteiger partial charge in [0.05, 0.1) is 43.7 Å². The summed E-state index contributed by atoms with van der Waals surface area (Å²) < 4.78 is 18.4. The van der Waals surface area contributed by atoms with Crippen LogP contribution in [0.4, 0.5) is 5.69 Å². The second-order valence-electron chi connectivity index (χ2n) is 14.2. The third-order valence-electron chi connectivity index (χ3n) is 11.4. The number of hydrogen-bond acceptors (Lipinski definition) is 8. The molecule has 0 unspecified atom stereocenters. The Balaban J connectivity index is 1.54. The fourth-order valence-corrected chi connectivity index (χ4v) is 8.29. The molecule has 5 rings (SSSR count). The van der Waals surface area contributed by atoms with E-state index in [1.807, 2.05) is 51.1 Å². The fourth-order valence-electron chi connectivity index (χ4n) is 8.29. The Hall–Kier alpha value is -4.48. The number of esters is 1. The van der Waals surface area contributed by atoms with Crippen LogP contribution in [0.2, 0.25) is 0 Å². The normalized spacial score (nSPS) is 25.4. The molecule has 0 saturated carbocycles. The summed E-state index contributed by atoms with van der Waals surface area (Å²) in [6, 6.07) is 13.9. The van der Waals surface area contributed by atoms with E-state index in [0.717, 1.165) is 0 Å². The molecular formula is C41H53N3O8. The Morgan fingerprint density at radius 1 is 1.10 bits per heavy atom. The van der Waals surface area contributed by atoms with Crippen molar-refractivity contribution in [2.45, 2.75) is 88.8 Å². The molecule has 1 N–H and O–H groups in total. The van der Waals surface area contributed by atoms with E-state index in [2.05, 4.69) is 13.2 Å². The maximum atomic E-state index is 15.0. The van der Waals surface area contributed by atoms with E-state index >= 15 is 0 Å². The van der Waals surface area contributed by atoms with Crippen molar-refractivity contribution in [2.24, 2.45) is 17.8 Å². The summed E-state index contributed by atoms with van der Waals surface area (Å²) in [7, 11) is 3.25. The molecule has 3 heterocycles. The molecule has 2 aromatic rings. The number of likely N-dealkylation sites (N-methyl/N-ethyl adjacent to an activating group) is 1. The number of fused-ring (bicyclic) bond motifs is 1. The molecule has 0 aromatic heterocycles. The number of aliphatic hydroxyl groups excluding tert-OH is 1. The minimum absolute atomic E-state index is 0.115. The van der Waals surface area contributed by atoms with Gasteiger partial charge in [-0.2, -0.15) is 0 Å². The lowest BCUT2D eigenvalue weighted by molar-refractivity contribution is -0.165. The molecular weight excluding hydrogens is 662 g/mol. The van der Waals surface area contributed by atoms with E-state index in [0.29, 0.717) is 42.7 Å². The molecule has 1 spiro atoms. The lowest BCUT2D eigenvalue weighted by atomic mass is 9.70. The highest BCUT2D eigenvalue weighted by molar-refractivity contribution is 6.05. The highest BCUT2D eigenvalue weighted by Crippen LogP contribution is 2.60. The van der Waals surface area contributed by atoms with Crippen molar-refractivity contribution in [2.75, 3.05) is 32.2 Å². The Morgan fingerprint density at radius 3 is 2.38 bits per heavy atom. The van der Waals surface area contributed by atoms with Crippen LogP contribution in [0.3, 0.4) is 0 Å². The van der Waals surface area contributed by atoms with Crippen molar-refractivity contribution in [3.63, 3.8) is 0 Å². The van der Waals surface area contributed by atoms with Gasteiger partial charge in [0.25, 0.3) is 5.91 Å². The number of allylic oxidation sites excluding steroid dienone is 1. The monoisotopic (exact) mass is 715 g/mol. The average Bonchev–Trinajstić information content (AvgIpc) is 3.82. The van der Waals surface area contributed by atoms with Crippen molar-refractivity contribution >= 4 is 29.4 Å². The number of carbonyl (C=O) groups excluding carboxylic acids is 4. The summed E-state index contributed by atoms with van der Waals surface area (Å²) in [6.07, 6.45) is 4.08. The van der Waals surface area contributed by atoms with Crippen molar-refractivity contribution in [1.29, 1.82) is 0 Å². The van der Waals surface area contributed by atoms with Crippen LogP contribution in [0.25, 0.3) is 0 Å². The van der Waals surface area contributed by atoms with E-state index < -0.39 is 59.6 Å². The van der Waals surface area contributed by atoms with Crippen LogP contribution < -0.4 is 9.64 Å². The zero-order chi connectivity index (χ0) is 37.7. The molecule has 280 valence electrons. The minimum Gasteiger partial charge on any atom is -0.497 e. The predicted octanol–water partition coefficient (Wildman–Crippen LogP) is 5.09. The first-order valence-electron chi connectivity index (χ1n) is 18.3. The number of aliphatic hydroxyl groups is 1. The van der Waals surface area contributed by atoms with Crippen molar-refractivity contribution < 1.29 is 38.5 Å². The number of likely N-dealkylation sites (tertiary alicyclic amines) is 1. The number of methoxy groups -OCH3 is 1. The number of benzene rings is 2. The third kappa shape index (κ3) is 7.00. The largest absolute Gasteiger partial charge is 0.497 e. The molecule has 3 aliphatic rings. The smallest absolute Gasteiger partial charge is 0.313 e. The maximum absolute atomic E-state index is 15.0. The van der Waals surface area contributed by atoms with Crippen LogP contribution in [0.5, 0.6) is 5.75 Å². The summed E-state index contributed by atoms with van der Waals surface area (Å²) in [4.78, 5) is 62.1. The fraction of sp³-hybridized carbons (Fsp3) is 0.512. The lowest BCUT2D eigenvalue weighted by Crippen LogP contribution is -2.60. The molecule has 0 aliphatic carbocycles. The molecule has 2 bridgehead atoms. The zero-order valence-corrected chi connectivity index (χ0v) is 31.0. The van der Waals surface area contributed by atoms with E-state index in [1.54, 1.807) is 60.4 Å². The van der Waals surface area contributed by atoms with Crippen LogP contribution in [0, 0.1) is 17.8 Å². The minimum atomic E-state index is -1.32. The summed E-state index contributed by atoms with van der Waals surface area (Å²) in [5.41, 5.74) is -0.0350. The topological polar surface area (TPSA) is 126 Å². The standard InChI is InChI=1S/C41H53N3O8/c1-8-11-17-33(46)42(6)27(5)36(28-15-13-12-14-16-28)51-40(49)34-32-22-23-41(52-32)35(34)38(47)44(31(25-45)26(4)10-3)37(41)39(48)43(24-9-2)29-18-20-30(50-7)21-19-29/h8-9,12-16,18-21,26-27,31-32,34-37,45H,1-2,10-11,17,22-25H2,3-7H3/t26-,27+,31-,32+,34-,35-,36-,37+,41-/m0/s1. The van der Waals surface area contributed by atoms with Gasteiger partial charge in [0, 0.05) is 25.7 Å². The van der Waals surface area contributed by atoms with Gasteiger partial charge < -0.3 is 34.0 Å². The summed E-state index contributed by atoms with van der Waals surface area (Å²) >= 11 is 0. The van der Waals surface area contributed by atoms with Crippen molar-refractivity contribution in [3.8, 4) is 5.75 Å².